The Labute approximate surface area is 245 Å². The summed E-state index contributed by atoms with van der Waals surface area (Å²) in [6.07, 6.45) is 2.46. The van der Waals surface area contributed by atoms with Gasteiger partial charge < -0.3 is 19.9 Å². The summed E-state index contributed by atoms with van der Waals surface area (Å²) in [4.78, 5) is 12.0. The normalized spacial score (nSPS) is 15.0. The van der Waals surface area contributed by atoms with Crippen LogP contribution in [0.2, 0.25) is 0 Å². The molecule has 0 aliphatic heterocycles. The number of aliphatic carboxylic acids is 1. The number of carboxylic acid groups (broad SMARTS) is 1. The molecule has 4 rings (SSSR count). The van der Waals surface area contributed by atoms with Gasteiger partial charge in [-0.1, -0.05) is 20.3 Å². The Morgan fingerprint density at radius 1 is 1.05 bits per heavy atom. The van der Waals surface area contributed by atoms with Crippen molar-refractivity contribution >= 4 is 53.5 Å². The SMILES string of the molecule is CCN(CCCCCC(=O)O)c1ccc2cc3c([o+]c2c1)C(S(=O)(=O)[O-])=C(Nc1ccc(S(=O)(=O)O)cc1)CC3(C)C. The van der Waals surface area contributed by atoms with Gasteiger partial charge in [0.2, 0.25) is 0 Å². The van der Waals surface area contributed by atoms with Crippen molar-refractivity contribution in [3.63, 3.8) is 0 Å². The molecule has 11 nitrogen and oxygen atoms in total. The maximum absolute atomic E-state index is 12.6. The average Bonchev–Trinajstić information content (AvgIpc) is 2.88. The van der Waals surface area contributed by atoms with Gasteiger partial charge in [-0.3, -0.25) is 9.35 Å². The number of allylic oxidation sites excluding steroid dienone is 1. The van der Waals surface area contributed by atoms with Gasteiger partial charge in [0, 0.05) is 42.0 Å². The summed E-state index contributed by atoms with van der Waals surface area (Å²) < 4.78 is 76.2. The fourth-order valence-corrected chi connectivity index (χ4v) is 6.50. The highest BCUT2D eigenvalue weighted by Gasteiger charge is 2.43. The minimum absolute atomic E-state index is 0.0559. The van der Waals surface area contributed by atoms with Gasteiger partial charge >= 0.3 is 17.3 Å². The Morgan fingerprint density at radius 2 is 1.74 bits per heavy atom. The molecule has 42 heavy (non-hydrogen) atoms. The van der Waals surface area contributed by atoms with Crippen LogP contribution in [0.25, 0.3) is 15.9 Å². The monoisotopic (exact) mass is 618 g/mol. The van der Waals surface area contributed by atoms with Gasteiger partial charge in [0.15, 0.2) is 4.91 Å². The topological polar surface area (TPSA) is 175 Å². The third kappa shape index (κ3) is 7.09. The van der Waals surface area contributed by atoms with E-state index in [4.69, 9.17) is 9.52 Å². The maximum atomic E-state index is 12.6. The van der Waals surface area contributed by atoms with Crippen LogP contribution in [0.5, 0.6) is 0 Å². The van der Waals surface area contributed by atoms with Crippen molar-refractivity contribution < 1.29 is 40.3 Å². The van der Waals surface area contributed by atoms with E-state index in [0.29, 0.717) is 36.3 Å². The third-order valence-electron chi connectivity index (χ3n) is 7.34. The first-order valence-electron chi connectivity index (χ1n) is 13.5. The Kier molecular flexibility index (Phi) is 8.97. The summed E-state index contributed by atoms with van der Waals surface area (Å²) in [6, 6.07) is 12.5. The molecule has 3 aromatic rings. The quantitative estimate of drug-likeness (QED) is 0.134. The Hall–Kier alpha value is -3.52. The number of hydrogen-bond donors (Lipinski definition) is 3. The highest BCUT2D eigenvalue weighted by Crippen LogP contribution is 2.46. The second-order valence-corrected chi connectivity index (χ2v) is 13.7. The first kappa shape index (κ1) is 31.4. The van der Waals surface area contributed by atoms with Crippen molar-refractivity contribution in [3.05, 3.63) is 65.6 Å². The molecule has 1 aliphatic rings. The zero-order valence-electron chi connectivity index (χ0n) is 23.6. The Morgan fingerprint density at radius 3 is 2.33 bits per heavy atom. The molecular weight excluding hydrogens is 584 g/mol. The maximum Gasteiger partial charge on any atom is 0.376 e. The van der Waals surface area contributed by atoms with Crippen LogP contribution in [-0.4, -0.2) is 50.1 Å². The lowest BCUT2D eigenvalue weighted by Gasteiger charge is -2.32. The van der Waals surface area contributed by atoms with Crippen molar-refractivity contribution in [1.82, 2.24) is 0 Å². The molecule has 226 valence electrons. The number of carbonyl (C=O) groups is 1. The molecular formula is C29H34N2O9S2. The fraction of sp³-hybridized carbons (Fsp3) is 0.379. The van der Waals surface area contributed by atoms with Crippen LogP contribution in [0.1, 0.15) is 64.2 Å². The molecule has 2 aromatic carbocycles. The van der Waals surface area contributed by atoms with Crippen molar-refractivity contribution in [2.45, 2.75) is 63.2 Å². The van der Waals surface area contributed by atoms with Gasteiger partial charge in [0.25, 0.3) is 10.1 Å². The molecule has 1 aromatic heterocycles. The summed E-state index contributed by atoms with van der Waals surface area (Å²) in [5.41, 5.74) is 1.60. The molecule has 0 spiro atoms. The van der Waals surface area contributed by atoms with E-state index in [0.717, 1.165) is 36.0 Å². The minimum Gasteiger partial charge on any atom is -0.744 e. The van der Waals surface area contributed by atoms with Crippen molar-refractivity contribution in [1.29, 1.82) is 0 Å². The summed E-state index contributed by atoms with van der Waals surface area (Å²) in [5.74, 6) is -0.869. The smallest absolute Gasteiger partial charge is 0.376 e. The van der Waals surface area contributed by atoms with Gasteiger partial charge in [-0.05, 0) is 68.7 Å². The molecule has 0 fully saturated rings. The highest BCUT2D eigenvalue weighted by molar-refractivity contribution is 7.95. The van der Waals surface area contributed by atoms with Crippen LogP contribution in [0.3, 0.4) is 0 Å². The van der Waals surface area contributed by atoms with Crippen LogP contribution in [0.4, 0.5) is 11.4 Å². The molecule has 0 saturated carbocycles. The number of fused-ring (bicyclic) bond motifs is 2. The highest BCUT2D eigenvalue weighted by atomic mass is 32.2. The predicted molar refractivity (Wildman–Crippen MR) is 159 cm³/mol. The van der Waals surface area contributed by atoms with Crippen LogP contribution in [0, 0.1) is 0 Å². The first-order valence-corrected chi connectivity index (χ1v) is 16.4. The van der Waals surface area contributed by atoms with Gasteiger partial charge in [0.05, 0.1) is 21.9 Å². The van der Waals surface area contributed by atoms with Gasteiger partial charge in [-0.15, -0.1) is 0 Å². The number of nitrogens with zero attached hydrogens (tertiary/aromatic N) is 1. The average molecular weight is 619 g/mol. The van der Waals surface area contributed by atoms with Crippen molar-refractivity contribution in [2.75, 3.05) is 23.3 Å². The van der Waals surface area contributed by atoms with E-state index >= 15 is 0 Å². The molecule has 3 N–H and O–H groups in total. The van der Waals surface area contributed by atoms with Crippen LogP contribution < -0.4 is 10.2 Å². The zero-order valence-corrected chi connectivity index (χ0v) is 25.2. The molecule has 0 unspecified atom stereocenters. The number of unbranched alkanes of at least 4 members (excludes halogenated alkanes) is 2. The molecule has 0 bridgehead atoms. The van der Waals surface area contributed by atoms with E-state index < -0.39 is 36.5 Å². The number of hydrogen-bond acceptors (Lipinski definition) is 8. The van der Waals surface area contributed by atoms with Gasteiger partial charge in [-0.25, -0.2) is 12.8 Å². The molecule has 0 radical (unpaired) electrons. The molecule has 1 heterocycles. The van der Waals surface area contributed by atoms with E-state index in [-0.39, 0.29) is 29.2 Å². The number of nitrogens with one attached hydrogen (secondary N) is 1. The van der Waals surface area contributed by atoms with Crippen LogP contribution >= 0.6 is 0 Å². The fourth-order valence-electron chi connectivity index (χ4n) is 5.21. The lowest BCUT2D eigenvalue weighted by Crippen LogP contribution is -2.29. The lowest BCUT2D eigenvalue weighted by molar-refractivity contribution is -0.137. The molecule has 0 atom stereocenters. The number of rotatable bonds is 12. The largest absolute Gasteiger partial charge is 0.744 e. The van der Waals surface area contributed by atoms with E-state index in [9.17, 15) is 30.7 Å². The third-order valence-corrected chi connectivity index (χ3v) is 9.14. The van der Waals surface area contributed by atoms with Crippen molar-refractivity contribution in [2.24, 2.45) is 0 Å². The summed E-state index contributed by atoms with van der Waals surface area (Å²) in [7, 11) is -9.44. The Bertz CT molecular complexity index is 1750. The molecule has 0 amide bonds. The summed E-state index contributed by atoms with van der Waals surface area (Å²) in [6.45, 7) is 7.19. The standard InChI is InChI=1S/C29H34N2O9S2/c1-4-31(15-7-5-6-8-26(32)33)21-12-9-19-16-23-27(40-25(19)17-21)28(42(37,38)39)24(18-29(23,2)3)30-20-10-13-22(14-11-20)41(34,35)36/h9-14,16-17,30H,4-8,15,18H2,1-3H3,(H2-,32,33,34,35,36,37,38,39). The first-order chi connectivity index (χ1) is 19.6. The lowest BCUT2D eigenvalue weighted by atomic mass is 9.76. The summed E-state index contributed by atoms with van der Waals surface area (Å²) >= 11 is 0. The molecule has 0 saturated heterocycles. The molecule has 13 heteroatoms. The van der Waals surface area contributed by atoms with Gasteiger partial charge in [0.1, 0.15) is 10.1 Å². The number of carboxylic acids is 1. The van der Waals surface area contributed by atoms with Crippen LogP contribution in [-0.2, 0) is 30.4 Å². The second kappa shape index (κ2) is 12.0. The van der Waals surface area contributed by atoms with Crippen molar-refractivity contribution in [3.8, 4) is 0 Å². The zero-order chi connectivity index (χ0) is 30.9. The second-order valence-electron chi connectivity index (χ2n) is 10.9. The van der Waals surface area contributed by atoms with E-state index in [1.54, 1.807) is 6.07 Å². The Balaban J connectivity index is 1.74. The number of benzene rings is 2. The predicted octanol–water partition coefficient (Wildman–Crippen LogP) is 5.44. The summed E-state index contributed by atoms with van der Waals surface area (Å²) in [5, 5.41) is 12.5. The van der Waals surface area contributed by atoms with E-state index in [1.165, 1.54) is 12.1 Å². The minimum atomic E-state index is -5.03. The van der Waals surface area contributed by atoms with E-state index in [1.807, 2.05) is 39.0 Å². The van der Waals surface area contributed by atoms with Crippen LogP contribution in [0.15, 0.2) is 63.5 Å². The molecule has 1 aliphatic carbocycles. The van der Waals surface area contributed by atoms with Gasteiger partial charge in [-0.2, -0.15) is 8.42 Å². The number of anilines is 2. The van der Waals surface area contributed by atoms with E-state index in [2.05, 4.69) is 10.2 Å².